The van der Waals surface area contributed by atoms with E-state index in [-0.39, 0.29) is 11.5 Å². The molecule has 1 N–H and O–H groups in total. The number of hydrogen-bond donors (Lipinski definition) is 1. The highest BCUT2D eigenvalue weighted by atomic mass is 79.9. The van der Waals surface area contributed by atoms with Gasteiger partial charge in [-0.15, -0.1) is 0 Å². The number of benzene rings is 1. The molecule has 0 bridgehead atoms. The molecule has 110 valence electrons. The third kappa shape index (κ3) is 4.26. The average molecular weight is 355 g/mol. The highest BCUT2D eigenvalue weighted by molar-refractivity contribution is 9.10. The summed E-state index contributed by atoms with van der Waals surface area (Å²) in [6.45, 7) is 9.00. The van der Waals surface area contributed by atoms with Gasteiger partial charge in [0.05, 0.1) is 12.1 Å². The largest absolute Gasteiger partial charge is 0.358 e. The SMILES string of the molecule is CC(NC1=NC(C(C)(C)C)CCS1)c1cccc(Br)c1. The van der Waals surface area contributed by atoms with E-state index in [0.717, 1.165) is 15.4 Å². The monoisotopic (exact) mass is 354 g/mol. The molecular weight excluding hydrogens is 332 g/mol. The van der Waals surface area contributed by atoms with Gasteiger partial charge in [-0.2, -0.15) is 0 Å². The lowest BCUT2D eigenvalue weighted by atomic mass is 9.85. The molecule has 1 aromatic rings. The summed E-state index contributed by atoms with van der Waals surface area (Å²) in [5, 5.41) is 4.64. The molecule has 20 heavy (non-hydrogen) atoms. The van der Waals surface area contributed by atoms with Crippen LogP contribution in [0.15, 0.2) is 33.7 Å². The Hall–Kier alpha value is -0.480. The minimum atomic E-state index is 0.243. The first-order chi connectivity index (χ1) is 9.36. The van der Waals surface area contributed by atoms with E-state index in [0.29, 0.717) is 6.04 Å². The van der Waals surface area contributed by atoms with Crippen LogP contribution in [0.2, 0.25) is 0 Å². The molecule has 0 amide bonds. The molecule has 1 heterocycles. The maximum atomic E-state index is 4.90. The Bertz CT molecular complexity index is 493. The second kappa shape index (κ2) is 6.52. The van der Waals surface area contributed by atoms with Gasteiger partial charge in [-0.05, 0) is 36.5 Å². The van der Waals surface area contributed by atoms with Crippen LogP contribution in [0.5, 0.6) is 0 Å². The maximum Gasteiger partial charge on any atom is 0.157 e. The van der Waals surface area contributed by atoms with E-state index in [4.69, 9.17) is 4.99 Å². The van der Waals surface area contributed by atoms with Crippen LogP contribution >= 0.6 is 27.7 Å². The van der Waals surface area contributed by atoms with Crippen molar-refractivity contribution in [3.05, 3.63) is 34.3 Å². The highest BCUT2D eigenvalue weighted by Gasteiger charge is 2.27. The Morgan fingerprint density at radius 2 is 2.15 bits per heavy atom. The molecule has 0 saturated carbocycles. The lowest BCUT2D eigenvalue weighted by Crippen LogP contribution is -2.34. The number of rotatable bonds is 2. The molecule has 0 radical (unpaired) electrons. The van der Waals surface area contributed by atoms with Gasteiger partial charge in [0.25, 0.3) is 0 Å². The van der Waals surface area contributed by atoms with E-state index in [1.54, 1.807) is 0 Å². The van der Waals surface area contributed by atoms with E-state index in [2.05, 4.69) is 73.2 Å². The van der Waals surface area contributed by atoms with Gasteiger partial charge in [0.2, 0.25) is 0 Å². The van der Waals surface area contributed by atoms with Crippen LogP contribution in [0.3, 0.4) is 0 Å². The Morgan fingerprint density at radius 1 is 1.40 bits per heavy atom. The Kier molecular flexibility index (Phi) is 5.19. The standard InChI is InChI=1S/C16H23BrN2S/c1-11(12-6-5-7-13(17)10-12)18-15-19-14(8-9-20-15)16(2,3)4/h5-7,10-11,14H,8-9H2,1-4H3,(H,18,19). The van der Waals surface area contributed by atoms with Crippen molar-refractivity contribution < 1.29 is 0 Å². The summed E-state index contributed by atoms with van der Waals surface area (Å²) in [6.07, 6.45) is 1.17. The predicted octanol–water partition coefficient (Wildman–Crippen LogP) is 5.01. The molecule has 0 spiro atoms. The molecule has 0 aromatic heterocycles. The number of halogens is 1. The van der Waals surface area contributed by atoms with Crippen LogP contribution in [0.1, 0.15) is 45.7 Å². The van der Waals surface area contributed by atoms with E-state index < -0.39 is 0 Å². The zero-order chi connectivity index (χ0) is 14.8. The molecule has 2 nitrogen and oxygen atoms in total. The van der Waals surface area contributed by atoms with Crippen LogP contribution < -0.4 is 5.32 Å². The van der Waals surface area contributed by atoms with Gasteiger partial charge in [-0.1, -0.05) is 60.6 Å². The molecule has 2 rings (SSSR count). The smallest absolute Gasteiger partial charge is 0.157 e. The maximum absolute atomic E-state index is 4.90. The van der Waals surface area contributed by atoms with Crippen molar-refractivity contribution in [2.24, 2.45) is 10.4 Å². The lowest BCUT2D eigenvalue weighted by molar-refractivity contribution is 0.315. The summed E-state index contributed by atoms with van der Waals surface area (Å²) in [6, 6.07) is 9.13. The molecule has 4 heteroatoms. The van der Waals surface area contributed by atoms with E-state index in [1.165, 1.54) is 12.0 Å². The van der Waals surface area contributed by atoms with Crippen LogP contribution in [0.25, 0.3) is 0 Å². The normalized spacial score (nSPS) is 21.2. The second-order valence-electron chi connectivity index (χ2n) is 6.37. The Morgan fingerprint density at radius 3 is 2.80 bits per heavy atom. The zero-order valence-corrected chi connectivity index (χ0v) is 15.0. The Labute approximate surface area is 135 Å². The first-order valence-corrected chi connectivity index (χ1v) is 8.87. The number of aliphatic imine (C=N–C) groups is 1. The van der Waals surface area contributed by atoms with Crippen molar-refractivity contribution in [3.8, 4) is 0 Å². The number of amidine groups is 1. The molecular formula is C16H23BrN2S. The van der Waals surface area contributed by atoms with Gasteiger partial charge in [0, 0.05) is 10.2 Å². The van der Waals surface area contributed by atoms with Crippen molar-refractivity contribution in [3.63, 3.8) is 0 Å². The Balaban J connectivity index is 2.07. The quantitative estimate of drug-likeness (QED) is 0.807. The number of thioether (sulfide) groups is 1. The summed E-state index contributed by atoms with van der Waals surface area (Å²) in [7, 11) is 0. The number of nitrogens with one attached hydrogen (secondary N) is 1. The summed E-state index contributed by atoms with van der Waals surface area (Å²) in [4.78, 5) is 4.90. The van der Waals surface area contributed by atoms with Crippen LogP contribution in [-0.4, -0.2) is 17.0 Å². The summed E-state index contributed by atoms with van der Waals surface area (Å²) in [5.41, 5.74) is 1.52. The fourth-order valence-electron chi connectivity index (χ4n) is 2.26. The summed E-state index contributed by atoms with van der Waals surface area (Å²) in [5.74, 6) is 1.15. The predicted molar refractivity (Wildman–Crippen MR) is 93.4 cm³/mol. The molecule has 0 fully saturated rings. The molecule has 1 aliphatic rings. The van der Waals surface area contributed by atoms with E-state index in [9.17, 15) is 0 Å². The van der Waals surface area contributed by atoms with Crippen molar-refractivity contribution in [2.75, 3.05) is 5.75 Å². The first-order valence-electron chi connectivity index (χ1n) is 7.09. The summed E-state index contributed by atoms with van der Waals surface area (Å²) < 4.78 is 1.12. The van der Waals surface area contributed by atoms with Crippen LogP contribution in [0.4, 0.5) is 0 Å². The van der Waals surface area contributed by atoms with Crippen molar-refractivity contribution in [1.29, 1.82) is 0 Å². The van der Waals surface area contributed by atoms with Crippen molar-refractivity contribution in [1.82, 2.24) is 5.32 Å². The van der Waals surface area contributed by atoms with E-state index in [1.807, 2.05) is 11.8 Å². The molecule has 2 atom stereocenters. The molecule has 1 aromatic carbocycles. The topological polar surface area (TPSA) is 24.4 Å². The first kappa shape index (κ1) is 15.9. The van der Waals surface area contributed by atoms with Gasteiger partial charge in [0.15, 0.2) is 5.17 Å². The molecule has 1 aliphatic heterocycles. The third-order valence-electron chi connectivity index (χ3n) is 3.59. The molecule has 0 aliphatic carbocycles. The average Bonchev–Trinajstić information content (AvgIpc) is 2.38. The zero-order valence-electron chi connectivity index (χ0n) is 12.6. The minimum absolute atomic E-state index is 0.243. The van der Waals surface area contributed by atoms with Crippen molar-refractivity contribution >= 4 is 32.9 Å². The third-order valence-corrected chi connectivity index (χ3v) is 5.02. The minimum Gasteiger partial charge on any atom is -0.358 e. The van der Waals surface area contributed by atoms with E-state index >= 15 is 0 Å². The van der Waals surface area contributed by atoms with Crippen LogP contribution in [-0.2, 0) is 0 Å². The molecule has 2 unspecified atom stereocenters. The van der Waals surface area contributed by atoms with Gasteiger partial charge >= 0.3 is 0 Å². The highest BCUT2D eigenvalue weighted by Crippen LogP contribution is 2.31. The molecule has 0 saturated heterocycles. The van der Waals surface area contributed by atoms with Gasteiger partial charge in [-0.25, -0.2) is 0 Å². The van der Waals surface area contributed by atoms with Gasteiger partial charge in [-0.3, -0.25) is 4.99 Å². The number of nitrogens with zero attached hydrogens (tertiary/aromatic N) is 1. The number of hydrogen-bond acceptors (Lipinski definition) is 3. The fraction of sp³-hybridized carbons (Fsp3) is 0.562. The lowest BCUT2D eigenvalue weighted by Gasteiger charge is -2.31. The second-order valence-corrected chi connectivity index (χ2v) is 8.37. The van der Waals surface area contributed by atoms with Crippen LogP contribution in [0, 0.1) is 5.41 Å². The summed E-state index contributed by atoms with van der Waals surface area (Å²) >= 11 is 5.37. The van der Waals surface area contributed by atoms with Gasteiger partial charge < -0.3 is 5.32 Å². The fourth-order valence-corrected chi connectivity index (χ4v) is 3.67. The van der Waals surface area contributed by atoms with Crippen molar-refractivity contribution in [2.45, 2.75) is 46.2 Å². The van der Waals surface area contributed by atoms with Gasteiger partial charge in [0.1, 0.15) is 0 Å².